The van der Waals surface area contributed by atoms with Gasteiger partial charge in [-0.25, -0.2) is 0 Å². The van der Waals surface area contributed by atoms with Gasteiger partial charge in [-0.15, -0.1) is 0 Å². The molecule has 0 heterocycles. The summed E-state index contributed by atoms with van der Waals surface area (Å²) in [4.78, 5) is 23.7. The number of amides is 2. The standard InChI is InChI=1S/C18H19BrN2O4/c1-12-10-15(8-9-16(12)19)24-11-17(22)20-21-18(23)13(2)25-14-6-4-3-5-7-14/h3-10,13H,11H2,1-2H3,(H,20,22)(H,21,23). The second-order valence-corrected chi connectivity index (χ2v) is 6.16. The number of rotatable bonds is 6. The predicted molar refractivity (Wildman–Crippen MR) is 97.2 cm³/mol. The molecular formula is C18H19BrN2O4. The molecule has 0 aliphatic carbocycles. The summed E-state index contributed by atoms with van der Waals surface area (Å²) in [5.41, 5.74) is 5.60. The maximum Gasteiger partial charge on any atom is 0.279 e. The quantitative estimate of drug-likeness (QED) is 0.723. The number of halogens is 1. The van der Waals surface area contributed by atoms with Crippen molar-refractivity contribution in [1.29, 1.82) is 0 Å². The first-order valence-corrected chi connectivity index (χ1v) is 8.44. The zero-order chi connectivity index (χ0) is 18.2. The Kier molecular flexibility index (Phi) is 6.82. The van der Waals surface area contributed by atoms with Crippen molar-refractivity contribution in [2.45, 2.75) is 20.0 Å². The maximum atomic E-state index is 11.9. The molecule has 2 aromatic rings. The van der Waals surface area contributed by atoms with Gasteiger partial charge < -0.3 is 9.47 Å². The number of benzene rings is 2. The summed E-state index contributed by atoms with van der Waals surface area (Å²) in [6.07, 6.45) is -0.752. The molecule has 0 aromatic heterocycles. The highest BCUT2D eigenvalue weighted by atomic mass is 79.9. The highest BCUT2D eigenvalue weighted by Gasteiger charge is 2.15. The summed E-state index contributed by atoms with van der Waals surface area (Å²) < 4.78 is 11.8. The molecule has 0 radical (unpaired) electrons. The molecule has 7 heteroatoms. The fraction of sp³-hybridized carbons (Fsp3) is 0.222. The lowest BCUT2D eigenvalue weighted by molar-refractivity contribution is -0.133. The number of hydrazine groups is 1. The van der Waals surface area contributed by atoms with Crippen LogP contribution in [0.2, 0.25) is 0 Å². The fourth-order valence-corrected chi connectivity index (χ4v) is 2.13. The van der Waals surface area contributed by atoms with Crippen molar-refractivity contribution in [1.82, 2.24) is 10.9 Å². The van der Waals surface area contributed by atoms with Crippen LogP contribution >= 0.6 is 15.9 Å². The lowest BCUT2D eigenvalue weighted by atomic mass is 10.2. The molecule has 0 aliphatic heterocycles. The van der Waals surface area contributed by atoms with Gasteiger partial charge in [0.1, 0.15) is 11.5 Å². The Morgan fingerprint density at radius 2 is 1.80 bits per heavy atom. The van der Waals surface area contributed by atoms with E-state index in [4.69, 9.17) is 9.47 Å². The molecule has 0 spiro atoms. The second kappa shape index (κ2) is 9.08. The number of aryl methyl sites for hydroxylation is 1. The SMILES string of the molecule is Cc1cc(OCC(=O)NNC(=O)C(C)Oc2ccccc2)ccc1Br. The molecule has 0 fully saturated rings. The van der Waals surface area contributed by atoms with Crippen molar-refractivity contribution in [2.75, 3.05) is 6.61 Å². The molecule has 2 aromatic carbocycles. The summed E-state index contributed by atoms with van der Waals surface area (Å²) in [6.45, 7) is 3.30. The first-order chi connectivity index (χ1) is 12.0. The van der Waals surface area contributed by atoms with Gasteiger partial charge in [0.15, 0.2) is 12.7 Å². The van der Waals surface area contributed by atoms with Crippen LogP contribution in [0, 0.1) is 6.92 Å². The third kappa shape index (κ3) is 6.11. The van der Waals surface area contributed by atoms with Gasteiger partial charge in [0, 0.05) is 4.47 Å². The molecule has 132 valence electrons. The van der Waals surface area contributed by atoms with Gasteiger partial charge in [-0.2, -0.15) is 0 Å². The Morgan fingerprint density at radius 1 is 1.08 bits per heavy atom. The van der Waals surface area contributed by atoms with Crippen LogP contribution in [0.5, 0.6) is 11.5 Å². The van der Waals surface area contributed by atoms with Crippen molar-refractivity contribution in [3.63, 3.8) is 0 Å². The van der Waals surface area contributed by atoms with E-state index in [0.717, 1.165) is 10.0 Å². The van der Waals surface area contributed by atoms with Gasteiger partial charge >= 0.3 is 0 Å². The van der Waals surface area contributed by atoms with Crippen LogP contribution in [0.4, 0.5) is 0 Å². The van der Waals surface area contributed by atoms with Crippen LogP contribution in [0.3, 0.4) is 0 Å². The average Bonchev–Trinajstić information content (AvgIpc) is 2.61. The minimum absolute atomic E-state index is 0.213. The third-order valence-electron chi connectivity index (χ3n) is 3.25. The topological polar surface area (TPSA) is 76.7 Å². The van der Waals surface area contributed by atoms with Crippen molar-refractivity contribution in [3.8, 4) is 11.5 Å². The number of carbonyl (C=O) groups is 2. The Labute approximate surface area is 154 Å². The van der Waals surface area contributed by atoms with Crippen LogP contribution in [0.1, 0.15) is 12.5 Å². The molecule has 2 amide bonds. The Bertz CT molecular complexity index is 737. The third-order valence-corrected chi connectivity index (χ3v) is 4.14. The van der Waals surface area contributed by atoms with E-state index < -0.39 is 17.9 Å². The van der Waals surface area contributed by atoms with E-state index in [0.29, 0.717) is 11.5 Å². The zero-order valence-electron chi connectivity index (χ0n) is 13.9. The normalized spacial score (nSPS) is 11.3. The molecule has 25 heavy (non-hydrogen) atoms. The van der Waals surface area contributed by atoms with Crippen molar-refractivity contribution in [2.24, 2.45) is 0 Å². The van der Waals surface area contributed by atoms with Crippen LogP contribution in [-0.2, 0) is 9.59 Å². The molecule has 6 nitrogen and oxygen atoms in total. The minimum atomic E-state index is -0.752. The lowest BCUT2D eigenvalue weighted by Gasteiger charge is -2.15. The fourth-order valence-electron chi connectivity index (χ4n) is 1.88. The van der Waals surface area contributed by atoms with E-state index in [9.17, 15) is 9.59 Å². The Morgan fingerprint density at radius 3 is 2.48 bits per heavy atom. The number of nitrogens with one attached hydrogen (secondary N) is 2. The Balaban J connectivity index is 1.73. The van der Waals surface area contributed by atoms with Crippen LogP contribution in [0.25, 0.3) is 0 Å². The molecule has 0 saturated carbocycles. The van der Waals surface area contributed by atoms with E-state index in [1.807, 2.05) is 37.3 Å². The molecule has 1 unspecified atom stereocenters. The van der Waals surface area contributed by atoms with Crippen LogP contribution < -0.4 is 20.3 Å². The largest absolute Gasteiger partial charge is 0.484 e. The number of ether oxygens (including phenoxy) is 2. The molecule has 0 aliphatic rings. The molecule has 0 saturated heterocycles. The van der Waals surface area contributed by atoms with Crippen LogP contribution in [0.15, 0.2) is 53.0 Å². The molecule has 1 atom stereocenters. The van der Waals surface area contributed by atoms with Gasteiger partial charge in [-0.3, -0.25) is 20.4 Å². The number of hydrogen-bond donors (Lipinski definition) is 2. The maximum absolute atomic E-state index is 11.9. The van der Waals surface area contributed by atoms with Gasteiger partial charge in [0.05, 0.1) is 0 Å². The molecule has 0 bridgehead atoms. The molecular weight excluding hydrogens is 388 g/mol. The van der Waals surface area contributed by atoms with Gasteiger partial charge in [-0.05, 0) is 49.7 Å². The first kappa shape index (κ1) is 18.8. The lowest BCUT2D eigenvalue weighted by Crippen LogP contribution is -2.48. The van der Waals surface area contributed by atoms with E-state index in [-0.39, 0.29) is 6.61 Å². The van der Waals surface area contributed by atoms with Gasteiger partial charge in [-0.1, -0.05) is 34.1 Å². The average molecular weight is 407 g/mol. The van der Waals surface area contributed by atoms with Crippen molar-refractivity contribution >= 4 is 27.7 Å². The first-order valence-electron chi connectivity index (χ1n) is 7.65. The number of hydrogen-bond acceptors (Lipinski definition) is 4. The summed E-state index contributed by atoms with van der Waals surface area (Å²) in [7, 11) is 0. The number of para-hydroxylation sites is 1. The van der Waals surface area contributed by atoms with Crippen molar-refractivity contribution in [3.05, 3.63) is 58.6 Å². The van der Waals surface area contributed by atoms with E-state index >= 15 is 0 Å². The molecule has 2 rings (SSSR count). The highest BCUT2D eigenvalue weighted by molar-refractivity contribution is 9.10. The Hall–Kier alpha value is -2.54. The smallest absolute Gasteiger partial charge is 0.279 e. The summed E-state index contributed by atoms with van der Waals surface area (Å²) >= 11 is 3.39. The van der Waals surface area contributed by atoms with Gasteiger partial charge in [0.2, 0.25) is 0 Å². The second-order valence-electron chi connectivity index (χ2n) is 5.31. The zero-order valence-corrected chi connectivity index (χ0v) is 15.5. The molecule has 2 N–H and O–H groups in total. The van der Waals surface area contributed by atoms with Gasteiger partial charge in [0.25, 0.3) is 11.8 Å². The van der Waals surface area contributed by atoms with Crippen LogP contribution in [-0.4, -0.2) is 24.5 Å². The van der Waals surface area contributed by atoms with E-state index in [2.05, 4.69) is 26.8 Å². The number of carbonyl (C=O) groups excluding carboxylic acids is 2. The minimum Gasteiger partial charge on any atom is -0.484 e. The summed E-state index contributed by atoms with van der Waals surface area (Å²) in [5.74, 6) is 0.214. The highest BCUT2D eigenvalue weighted by Crippen LogP contribution is 2.21. The summed E-state index contributed by atoms with van der Waals surface area (Å²) in [6, 6.07) is 14.4. The predicted octanol–water partition coefficient (Wildman–Crippen LogP) is 2.75. The van der Waals surface area contributed by atoms with E-state index in [1.54, 1.807) is 25.1 Å². The van der Waals surface area contributed by atoms with Crippen molar-refractivity contribution < 1.29 is 19.1 Å². The van der Waals surface area contributed by atoms with E-state index in [1.165, 1.54) is 0 Å². The monoisotopic (exact) mass is 406 g/mol. The summed E-state index contributed by atoms with van der Waals surface area (Å²) in [5, 5.41) is 0.